The quantitative estimate of drug-likeness (QED) is 0.733. The minimum Gasteiger partial charge on any atom is -0.377 e. The SMILES string of the molecule is Cc1ncc(CN(CC2CCN(Cc3ccccc3F)CC2)C[C@H]2CCCO2)[nH]1. The lowest BCUT2D eigenvalue weighted by Crippen LogP contribution is -2.40. The number of aryl methyl sites for hydroxylation is 1. The lowest BCUT2D eigenvalue weighted by molar-refractivity contribution is 0.0565. The van der Waals surface area contributed by atoms with Crippen LogP contribution in [0.15, 0.2) is 30.5 Å². The lowest BCUT2D eigenvalue weighted by atomic mass is 9.95. The second kappa shape index (κ2) is 9.83. The van der Waals surface area contributed by atoms with Crippen molar-refractivity contribution in [2.75, 3.05) is 32.8 Å². The third kappa shape index (κ3) is 5.87. The Morgan fingerprint density at radius 1 is 1.21 bits per heavy atom. The number of nitrogens with zero attached hydrogens (tertiary/aromatic N) is 3. The first-order chi connectivity index (χ1) is 14.2. The van der Waals surface area contributed by atoms with Crippen molar-refractivity contribution in [2.45, 2.75) is 51.8 Å². The molecule has 1 N–H and O–H groups in total. The Morgan fingerprint density at radius 3 is 2.72 bits per heavy atom. The maximum Gasteiger partial charge on any atom is 0.127 e. The maximum atomic E-state index is 13.9. The molecule has 2 aliphatic rings. The third-order valence-electron chi connectivity index (χ3n) is 6.21. The van der Waals surface area contributed by atoms with Crippen LogP contribution in [0.5, 0.6) is 0 Å². The van der Waals surface area contributed by atoms with Crippen LogP contribution in [0.1, 0.15) is 42.8 Å². The van der Waals surface area contributed by atoms with Crippen LogP contribution in [-0.4, -0.2) is 58.7 Å². The van der Waals surface area contributed by atoms with Gasteiger partial charge in [0.1, 0.15) is 11.6 Å². The molecular weight excluding hydrogens is 367 g/mol. The van der Waals surface area contributed by atoms with Crippen molar-refractivity contribution in [3.05, 3.63) is 53.4 Å². The van der Waals surface area contributed by atoms with Gasteiger partial charge in [-0.05, 0) is 57.7 Å². The largest absolute Gasteiger partial charge is 0.377 e. The summed E-state index contributed by atoms with van der Waals surface area (Å²) in [5.74, 6) is 1.56. The van der Waals surface area contributed by atoms with E-state index in [2.05, 4.69) is 19.8 Å². The van der Waals surface area contributed by atoms with Crippen LogP contribution in [0.4, 0.5) is 4.39 Å². The minimum atomic E-state index is -0.0905. The van der Waals surface area contributed by atoms with Crippen molar-refractivity contribution in [3.8, 4) is 0 Å². The molecule has 0 spiro atoms. The summed E-state index contributed by atoms with van der Waals surface area (Å²) in [5, 5.41) is 0. The number of piperidine rings is 1. The van der Waals surface area contributed by atoms with Crippen molar-refractivity contribution >= 4 is 0 Å². The van der Waals surface area contributed by atoms with E-state index in [4.69, 9.17) is 4.74 Å². The van der Waals surface area contributed by atoms with Gasteiger partial charge in [-0.15, -0.1) is 0 Å². The van der Waals surface area contributed by atoms with Gasteiger partial charge in [0.25, 0.3) is 0 Å². The number of aromatic amines is 1. The van der Waals surface area contributed by atoms with Gasteiger partial charge < -0.3 is 9.72 Å². The summed E-state index contributed by atoms with van der Waals surface area (Å²) in [6, 6.07) is 7.14. The van der Waals surface area contributed by atoms with Crippen LogP contribution >= 0.6 is 0 Å². The Morgan fingerprint density at radius 2 is 2.03 bits per heavy atom. The first-order valence-electron chi connectivity index (χ1n) is 11.0. The van der Waals surface area contributed by atoms with E-state index in [1.807, 2.05) is 25.3 Å². The molecule has 0 radical (unpaired) electrons. The fraction of sp³-hybridized carbons (Fsp3) is 0.609. The average Bonchev–Trinajstić information content (AvgIpc) is 3.37. The average molecular weight is 401 g/mol. The van der Waals surface area contributed by atoms with E-state index in [9.17, 15) is 4.39 Å². The van der Waals surface area contributed by atoms with Gasteiger partial charge in [0, 0.05) is 50.2 Å². The van der Waals surface area contributed by atoms with Gasteiger partial charge in [0.15, 0.2) is 0 Å². The van der Waals surface area contributed by atoms with Crippen LogP contribution < -0.4 is 0 Å². The van der Waals surface area contributed by atoms with Crippen LogP contribution in [0.2, 0.25) is 0 Å². The predicted molar refractivity (Wildman–Crippen MR) is 112 cm³/mol. The zero-order valence-corrected chi connectivity index (χ0v) is 17.4. The van der Waals surface area contributed by atoms with Crippen LogP contribution in [0.3, 0.4) is 0 Å². The molecule has 0 bridgehead atoms. The molecule has 2 fully saturated rings. The van der Waals surface area contributed by atoms with Crippen molar-refractivity contribution in [1.29, 1.82) is 0 Å². The standard InChI is InChI=1S/C23H33FN4O/c1-18-25-13-21(26-18)16-28(17-22-6-4-12-29-22)14-19-8-10-27(11-9-19)15-20-5-2-3-7-23(20)24/h2-3,5,7,13,19,22H,4,6,8-12,14-17H2,1H3,(H,25,26)/t22-/m1/s1. The second-order valence-electron chi connectivity index (χ2n) is 8.63. The van der Waals surface area contributed by atoms with E-state index in [0.29, 0.717) is 18.6 Å². The van der Waals surface area contributed by atoms with Gasteiger partial charge in [0.05, 0.1) is 6.10 Å². The molecule has 6 heteroatoms. The molecule has 2 aromatic rings. The lowest BCUT2D eigenvalue weighted by Gasteiger charge is -2.35. The minimum absolute atomic E-state index is 0.0905. The molecule has 5 nitrogen and oxygen atoms in total. The normalized spacial score (nSPS) is 21.3. The molecule has 29 heavy (non-hydrogen) atoms. The zero-order valence-electron chi connectivity index (χ0n) is 17.4. The van der Waals surface area contributed by atoms with Crippen LogP contribution in [0.25, 0.3) is 0 Å². The molecule has 158 valence electrons. The molecule has 4 rings (SSSR count). The Hall–Kier alpha value is -1.76. The number of halogens is 1. The van der Waals surface area contributed by atoms with Crippen molar-refractivity contribution in [3.63, 3.8) is 0 Å². The topological polar surface area (TPSA) is 44.4 Å². The zero-order chi connectivity index (χ0) is 20.1. The van der Waals surface area contributed by atoms with Gasteiger partial charge in [-0.2, -0.15) is 0 Å². The number of likely N-dealkylation sites (tertiary alicyclic amines) is 1. The number of rotatable bonds is 8. The van der Waals surface area contributed by atoms with E-state index in [1.165, 1.54) is 31.4 Å². The van der Waals surface area contributed by atoms with Crippen LogP contribution in [0, 0.1) is 18.7 Å². The molecule has 3 heterocycles. The fourth-order valence-electron chi connectivity index (χ4n) is 4.63. The molecular formula is C23H33FN4O. The monoisotopic (exact) mass is 400 g/mol. The van der Waals surface area contributed by atoms with E-state index in [0.717, 1.165) is 50.7 Å². The van der Waals surface area contributed by atoms with Crippen molar-refractivity contribution in [1.82, 2.24) is 19.8 Å². The van der Waals surface area contributed by atoms with Gasteiger partial charge >= 0.3 is 0 Å². The highest BCUT2D eigenvalue weighted by atomic mass is 19.1. The van der Waals surface area contributed by atoms with Crippen molar-refractivity contribution < 1.29 is 9.13 Å². The van der Waals surface area contributed by atoms with E-state index in [-0.39, 0.29) is 5.82 Å². The summed E-state index contributed by atoms with van der Waals surface area (Å²) in [6.45, 7) is 8.67. The van der Waals surface area contributed by atoms with Crippen molar-refractivity contribution in [2.24, 2.45) is 5.92 Å². The first-order valence-corrected chi connectivity index (χ1v) is 11.0. The van der Waals surface area contributed by atoms with Crippen LogP contribution in [-0.2, 0) is 17.8 Å². The van der Waals surface area contributed by atoms with Gasteiger partial charge in [-0.3, -0.25) is 9.80 Å². The third-order valence-corrected chi connectivity index (χ3v) is 6.21. The molecule has 1 aromatic heterocycles. The number of imidazole rings is 1. The summed E-state index contributed by atoms with van der Waals surface area (Å²) in [7, 11) is 0. The summed E-state index contributed by atoms with van der Waals surface area (Å²) in [6.07, 6.45) is 6.99. The van der Waals surface area contributed by atoms with E-state index < -0.39 is 0 Å². The maximum absolute atomic E-state index is 13.9. The molecule has 1 atom stereocenters. The number of nitrogens with one attached hydrogen (secondary N) is 1. The summed E-state index contributed by atoms with van der Waals surface area (Å²) < 4.78 is 19.8. The predicted octanol–water partition coefficient (Wildman–Crippen LogP) is 3.75. The summed E-state index contributed by atoms with van der Waals surface area (Å²) in [4.78, 5) is 12.7. The second-order valence-corrected chi connectivity index (χ2v) is 8.63. The molecule has 0 aliphatic carbocycles. The highest BCUT2D eigenvalue weighted by Crippen LogP contribution is 2.23. The molecule has 0 unspecified atom stereocenters. The molecule has 2 aliphatic heterocycles. The highest BCUT2D eigenvalue weighted by Gasteiger charge is 2.25. The van der Waals surface area contributed by atoms with E-state index >= 15 is 0 Å². The summed E-state index contributed by atoms with van der Waals surface area (Å²) in [5.41, 5.74) is 1.98. The number of ether oxygens (including phenoxy) is 1. The number of benzene rings is 1. The van der Waals surface area contributed by atoms with Gasteiger partial charge in [-0.25, -0.2) is 9.37 Å². The molecule has 1 aromatic carbocycles. The molecule has 2 saturated heterocycles. The Kier molecular flexibility index (Phi) is 6.95. The fourth-order valence-corrected chi connectivity index (χ4v) is 4.63. The Bertz CT molecular complexity index is 766. The number of H-pyrrole nitrogens is 1. The Labute approximate surface area is 173 Å². The number of hydrogen-bond donors (Lipinski definition) is 1. The summed E-state index contributed by atoms with van der Waals surface area (Å²) >= 11 is 0. The highest BCUT2D eigenvalue weighted by molar-refractivity contribution is 5.17. The number of hydrogen-bond acceptors (Lipinski definition) is 4. The van der Waals surface area contributed by atoms with Gasteiger partial charge in [0.2, 0.25) is 0 Å². The molecule has 0 amide bonds. The molecule has 0 saturated carbocycles. The smallest absolute Gasteiger partial charge is 0.127 e. The van der Waals surface area contributed by atoms with Gasteiger partial charge in [-0.1, -0.05) is 18.2 Å². The Balaban J connectivity index is 1.30. The van der Waals surface area contributed by atoms with E-state index in [1.54, 1.807) is 12.1 Å². The first kappa shape index (κ1) is 20.5. The number of aromatic nitrogens is 2.